The van der Waals surface area contributed by atoms with Crippen LogP contribution in [-0.4, -0.2) is 148 Å². The highest BCUT2D eigenvalue weighted by Crippen LogP contribution is 2.00. The molecular formula is C34H59N5O8. The van der Waals surface area contributed by atoms with Gasteiger partial charge in [-0.2, -0.15) is 0 Å². The summed E-state index contributed by atoms with van der Waals surface area (Å²) in [5, 5.41) is 5.83. The first-order valence-corrected chi connectivity index (χ1v) is 16.7. The lowest BCUT2D eigenvalue weighted by atomic mass is 10.2. The third kappa shape index (κ3) is 30.1. The van der Waals surface area contributed by atoms with E-state index in [1.807, 2.05) is 14.7 Å². The normalized spacial score (nSPS) is 11.1. The van der Waals surface area contributed by atoms with Gasteiger partial charge in [-0.25, -0.2) is 0 Å². The lowest BCUT2D eigenvalue weighted by Gasteiger charge is -2.23. The Morgan fingerprint density at radius 3 is 1.19 bits per heavy atom. The Kier molecular flexibility index (Phi) is 27.3. The van der Waals surface area contributed by atoms with Crippen LogP contribution in [0.5, 0.6) is 0 Å². The van der Waals surface area contributed by atoms with E-state index < -0.39 is 0 Å². The van der Waals surface area contributed by atoms with Gasteiger partial charge in [0.2, 0.25) is 11.8 Å². The number of ketones is 4. The Balaban J connectivity index is 4.82. The fourth-order valence-corrected chi connectivity index (χ4v) is 4.32. The second kappa shape index (κ2) is 29.1. The summed E-state index contributed by atoms with van der Waals surface area (Å²) in [6, 6.07) is 0. The number of nitrogens with one attached hydrogen (secondary N) is 2. The van der Waals surface area contributed by atoms with Crippen LogP contribution >= 0.6 is 0 Å². The Bertz CT molecular complexity index is 886. The van der Waals surface area contributed by atoms with Crippen molar-refractivity contribution in [1.82, 2.24) is 25.3 Å². The molecule has 0 atom stereocenters. The molecule has 2 N–H and O–H groups in total. The number of hydrogen-bond acceptors (Lipinski definition) is 11. The molecule has 13 nitrogen and oxygen atoms in total. The number of ether oxygens (including phenoxy) is 2. The lowest BCUT2D eigenvalue weighted by molar-refractivity contribution is -0.122. The largest absolute Gasteiger partial charge is 0.378 e. The summed E-state index contributed by atoms with van der Waals surface area (Å²) in [4.78, 5) is 76.9. The molecular weight excluding hydrogens is 606 g/mol. The summed E-state index contributed by atoms with van der Waals surface area (Å²) in [5.41, 5.74) is 0. The second-order valence-corrected chi connectivity index (χ2v) is 11.7. The average molecular weight is 666 g/mol. The van der Waals surface area contributed by atoms with E-state index in [-0.39, 0.29) is 47.8 Å². The first kappa shape index (κ1) is 44.0. The highest BCUT2D eigenvalue weighted by Gasteiger charge is 2.14. The third-order valence-corrected chi connectivity index (χ3v) is 7.25. The molecule has 0 aromatic rings. The van der Waals surface area contributed by atoms with Gasteiger partial charge in [0.15, 0.2) is 0 Å². The highest BCUT2D eigenvalue weighted by molar-refractivity contribution is 5.77. The van der Waals surface area contributed by atoms with Crippen molar-refractivity contribution in [2.45, 2.75) is 72.6 Å². The van der Waals surface area contributed by atoms with Crippen LogP contribution in [0.1, 0.15) is 72.6 Å². The van der Waals surface area contributed by atoms with Gasteiger partial charge in [0.1, 0.15) is 23.1 Å². The molecule has 13 heteroatoms. The molecule has 0 bridgehead atoms. The van der Waals surface area contributed by atoms with E-state index >= 15 is 0 Å². The van der Waals surface area contributed by atoms with E-state index in [1.54, 1.807) is 0 Å². The van der Waals surface area contributed by atoms with Crippen LogP contribution in [0.3, 0.4) is 0 Å². The van der Waals surface area contributed by atoms with Crippen molar-refractivity contribution < 1.29 is 38.2 Å². The first-order valence-electron chi connectivity index (χ1n) is 16.7. The van der Waals surface area contributed by atoms with Crippen LogP contribution in [0, 0.1) is 12.3 Å². The third-order valence-electron chi connectivity index (χ3n) is 7.25. The van der Waals surface area contributed by atoms with Crippen LogP contribution in [0.4, 0.5) is 0 Å². The molecule has 0 aromatic carbocycles. The Morgan fingerprint density at radius 2 is 0.830 bits per heavy atom. The minimum Gasteiger partial charge on any atom is -0.378 e. The van der Waals surface area contributed by atoms with Gasteiger partial charge >= 0.3 is 0 Å². The molecule has 0 saturated carbocycles. The van der Waals surface area contributed by atoms with Crippen molar-refractivity contribution in [3.63, 3.8) is 0 Å². The molecule has 0 radical (unpaired) electrons. The number of hydrogen-bond donors (Lipinski definition) is 2. The maximum absolute atomic E-state index is 12.6. The average Bonchev–Trinajstić information content (AvgIpc) is 3.01. The number of Topliss-reactive ketones (excluding diaryl/α,β-unsaturated/α-hetero) is 4. The number of terminal acetylenes is 1. The highest BCUT2D eigenvalue weighted by atomic mass is 16.5. The van der Waals surface area contributed by atoms with Gasteiger partial charge < -0.3 is 34.8 Å². The maximum Gasteiger partial charge on any atom is 0.221 e. The van der Waals surface area contributed by atoms with Crippen LogP contribution in [0.15, 0.2) is 0 Å². The molecule has 0 aliphatic carbocycles. The van der Waals surface area contributed by atoms with Gasteiger partial charge in [-0.05, 0) is 27.7 Å². The van der Waals surface area contributed by atoms with E-state index in [9.17, 15) is 28.8 Å². The van der Waals surface area contributed by atoms with Crippen molar-refractivity contribution in [1.29, 1.82) is 0 Å². The predicted molar refractivity (Wildman–Crippen MR) is 181 cm³/mol. The Hall–Kier alpha value is -3.02. The molecule has 47 heavy (non-hydrogen) atoms. The van der Waals surface area contributed by atoms with E-state index in [0.29, 0.717) is 131 Å². The molecule has 0 fully saturated rings. The SMILES string of the molecule is C#CCCOCCOCCN(CCC(=O)NCCN(CCC(C)=O)CCC(C)=O)CCC(=O)NCCN(CCC(C)=O)CCC(C)=O. The predicted octanol–water partition coefficient (Wildman–Crippen LogP) is 0.878. The molecule has 0 aromatic heterocycles. The van der Waals surface area contributed by atoms with Gasteiger partial charge in [-0.15, -0.1) is 12.3 Å². The molecule has 0 unspecified atom stereocenters. The zero-order valence-corrected chi connectivity index (χ0v) is 29.2. The number of carbonyl (C=O) groups is 6. The number of carbonyl (C=O) groups excluding carboxylic acids is 6. The van der Waals surface area contributed by atoms with E-state index in [1.165, 1.54) is 27.7 Å². The quantitative estimate of drug-likeness (QED) is 0.0778. The Labute approximate surface area is 281 Å². The number of rotatable bonds is 32. The van der Waals surface area contributed by atoms with Gasteiger partial charge in [0.25, 0.3) is 0 Å². The van der Waals surface area contributed by atoms with Gasteiger partial charge in [-0.3, -0.25) is 28.8 Å². The smallest absolute Gasteiger partial charge is 0.221 e. The van der Waals surface area contributed by atoms with Crippen molar-refractivity contribution in [3.8, 4) is 12.3 Å². The summed E-state index contributed by atoms with van der Waals surface area (Å²) in [6.45, 7) is 13.3. The minimum absolute atomic E-state index is 0.0762. The van der Waals surface area contributed by atoms with E-state index in [2.05, 4.69) is 16.6 Å². The minimum atomic E-state index is -0.128. The number of amides is 2. The van der Waals surface area contributed by atoms with E-state index in [0.717, 1.165) is 0 Å². The molecule has 0 aliphatic heterocycles. The first-order chi connectivity index (χ1) is 22.4. The second-order valence-electron chi connectivity index (χ2n) is 11.7. The maximum atomic E-state index is 12.6. The summed E-state index contributed by atoms with van der Waals surface area (Å²) in [6.07, 6.45) is 7.81. The zero-order valence-electron chi connectivity index (χ0n) is 29.2. The van der Waals surface area contributed by atoms with Gasteiger partial charge in [-0.1, -0.05) is 0 Å². The van der Waals surface area contributed by atoms with Crippen molar-refractivity contribution in [3.05, 3.63) is 0 Å². The van der Waals surface area contributed by atoms with Crippen molar-refractivity contribution in [2.75, 3.05) is 98.4 Å². The summed E-state index contributed by atoms with van der Waals surface area (Å²) >= 11 is 0. The Morgan fingerprint density at radius 1 is 0.489 bits per heavy atom. The topological polar surface area (TPSA) is 155 Å². The molecule has 0 aliphatic rings. The molecule has 0 heterocycles. The summed E-state index contributed by atoms with van der Waals surface area (Å²) in [5.74, 6) is 2.56. The monoisotopic (exact) mass is 665 g/mol. The van der Waals surface area contributed by atoms with Crippen LogP contribution < -0.4 is 10.6 Å². The summed E-state index contributed by atoms with van der Waals surface area (Å²) in [7, 11) is 0. The molecule has 0 saturated heterocycles. The molecule has 2 amide bonds. The molecule has 268 valence electrons. The van der Waals surface area contributed by atoms with Crippen LogP contribution in [0.25, 0.3) is 0 Å². The van der Waals surface area contributed by atoms with Crippen molar-refractivity contribution >= 4 is 34.9 Å². The van der Waals surface area contributed by atoms with Crippen LogP contribution in [-0.2, 0) is 38.2 Å². The van der Waals surface area contributed by atoms with Crippen LogP contribution in [0.2, 0.25) is 0 Å². The van der Waals surface area contributed by atoms with E-state index in [4.69, 9.17) is 15.9 Å². The number of nitrogens with zero attached hydrogens (tertiary/aromatic N) is 3. The molecule has 0 spiro atoms. The van der Waals surface area contributed by atoms with Gasteiger partial charge in [0, 0.05) is 117 Å². The van der Waals surface area contributed by atoms with Crippen molar-refractivity contribution in [2.24, 2.45) is 0 Å². The standard InChI is InChI=1S/C34H59N5O8/c1-6-7-25-46-27-28-47-26-24-39(20-12-33(44)35-14-22-37(16-8-29(2)40)17-9-30(3)41)21-13-34(45)36-15-23-38(18-10-31(4)42)19-11-32(5)43/h1H,7-28H2,2-5H3,(H,35,44)(H,36,45). The fourth-order valence-electron chi connectivity index (χ4n) is 4.32. The van der Waals surface area contributed by atoms with Gasteiger partial charge in [0.05, 0.1) is 26.4 Å². The molecule has 0 rings (SSSR count). The lowest BCUT2D eigenvalue weighted by Crippen LogP contribution is -2.40. The fraction of sp³-hybridized carbons (Fsp3) is 0.765. The zero-order chi connectivity index (χ0) is 35.3. The summed E-state index contributed by atoms with van der Waals surface area (Å²) < 4.78 is 11.1.